The van der Waals surface area contributed by atoms with Crippen LogP contribution in [0.15, 0.2) is 40.9 Å². The molecule has 0 heterocycles. The summed E-state index contributed by atoms with van der Waals surface area (Å²) in [4.78, 5) is 0. The van der Waals surface area contributed by atoms with E-state index in [0.29, 0.717) is 5.56 Å². The quantitative estimate of drug-likeness (QED) is 0.800. The minimum atomic E-state index is -0.158. The average Bonchev–Trinajstić information content (AvgIpc) is 2.38. The van der Waals surface area contributed by atoms with Crippen LogP contribution in [-0.4, -0.2) is 0 Å². The first-order valence-electron chi connectivity index (χ1n) is 6.26. The second-order valence-electron chi connectivity index (χ2n) is 4.81. The molecule has 0 aliphatic rings. The van der Waals surface area contributed by atoms with Crippen LogP contribution < -0.4 is 5.32 Å². The molecule has 2 aromatic carbocycles. The summed E-state index contributed by atoms with van der Waals surface area (Å²) in [7, 11) is 0. The first kappa shape index (κ1) is 14.1. The van der Waals surface area contributed by atoms with E-state index in [-0.39, 0.29) is 11.9 Å². The first-order chi connectivity index (χ1) is 8.99. The molecule has 0 aromatic heterocycles. The third kappa shape index (κ3) is 3.16. The van der Waals surface area contributed by atoms with Gasteiger partial charge in [0.05, 0.1) is 0 Å². The molecule has 0 aliphatic heterocycles. The maximum Gasteiger partial charge on any atom is 0.126 e. The smallest absolute Gasteiger partial charge is 0.126 e. The Morgan fingerprint density at radius 2 is 1.84 bits per heavy atom. The van der Waals surface area contributed by atoms with Gasteiger partial charge in [-0.3, -0.25) is 0 Å². The van der Waals surface area contributed by atoms with Crippen molar-refractivity contribution in [1.82, 2.24) is 0 Å². The molecule has 3 heteroatoms. The number of nitrogens with one attached hydrogen (secondary N) is 1. The van der Waals surface area contributed by atoms with Crippen LogP contribution in [0.25, 0.3) is 0 Å². The van der Waals surface area contributed by atoms with Gasteiger partial charge in [0.25, 0.3) is 0 Å². The summed E-state index contributed by atoms with van der Waals surface area (Å²) >= 11 is 3.57. The third-order valence-corrected chi connectivity index (χ3v) is 4.31. The second-order valence-corrected chi connectivity index (χ2v) is 5.60. The van der Waals surface area contributed by atoms with Crippen LogP contribution in [0.5, 0.6) is 0 Å². The van der Waals surface area contributed by atoms with Gasteiger partial charge >= 0.3 is 0 Å². The van der Waals surface area contributed by atoms with E-state index >= 15 is 0 Å². The summed E-state index contributed by atoms with van der Waals surface area (Å²) in [6.45, 7) is 5.85. The van der Waals surface area contributed by atoms with Gasteiger partial charge in [0, 0.05) is 16.2 Å². The maximum absolute atomic E-state index is 13.6. The largest absolute Gasteiger partial charge is 0.378 e. The lowest BCUT2D eigenvalue weighted by atomic mass is 10.1. The molecule has 2 rings (SSSR count). The molecule has 0 fully saturated rings. The number of hydrogen-bond acceptors (Lipinski definition) is 1. The molecule has 1 unspecified atom stereocenters. The Kier molecular flexibility index (Phi) is 4.25. The van der Waals surface area contributed by atoms with E-state index in [9.17, 15) is 4.39 Å². The predicted molar refractivity (Wildman–Crippen MR) is 82.1 cm³/mol. The fourth-order valence-corrected chi connectivity index (χ4v) is 2.33. The van der Waals surface area contributed by atoms with Gasteiger partial charge in [-0.25, -0.2) is 4.39 Å². The highest BCUT2D eigenvalue weighted by Crippen LogP contribution is 2.29. The Labute approximate surface area is 122 Å². The first-order valence-corrected chi connectivity index (χ1v) is 7.06. The highest BCUT2D eigenvalue weighted by Gasteiger charge is 2.10. The molecule has 19 heavy (non-hydrogen) atoms. The summed E-state index contributed by atoms with van der Waals surface area (Å²) in [6, 6.07) is 11.5. The molecule has 1 nitrogen and oxygen atoms in total. The van der Waals surface area contributed by atoms with Crippen molar-refractivity contribution in [2.45, 2.75) is 26.8 Å². The van der Waals surface area contributed by atoms with Gasteiger partial charge in [0.2, 0.25) is 0 Å². The van der Waals surface area contributed by atoms with Gasteiger partial charge in [-0.05, 0) is 65.5 Å². The van der Waals surface area contributed by atoms with E-state index in [4.69, 9.17) is 0 Å². The van der Waals surface area contributed by atoms with Crippen molar-refractivity contribution in [2.75, 3.05) is 5.32 Å². The second kappa shape index (κ2) is 5.74. The van der Waals surface area contributed by atoms with E-state index < -0.39 is 0 Å². The van der Waals surface area contributed by atoms with E-state index in [1.807, 2.05) is 44.2 Å². The number of aryl methyl sites for hydroxylation is 2. The van der Waals surface area contributed by atoms with Crippen LogP contribution >= 0.6 is 15.9 Å². The lowest BCUT2D eigenvalue weighted by molar-refractivity contribution is 0.614. The Hall–Kier alpha value is -1.35. The topological polar surface area (TPSA) is 12.0 Å². The summed E-state index contributed by atoms with van der Waals surface area (Å²) < 4.78 is 14.6. The van der Waals surface area contributed by atoms with Crippen molar-refractivity contribution < 1.29 is 4.39 Å². The van der Waals surface area contributed by atoms with Crippen molar-refractivity contribution >= 4 is 21.6 Å². The Morgan fingerprint density at radius 1 is 1.11 bits per heavy atom. The molecule has 2 aromatic rings. The van der Waals surface area contributed by atoms with Crippen molar-refractivity contribution in [3.05, 3.63) is 63.4 Å². The molecule has 0 amide bonds. The van der Waals surface area contributed by atoms with E-state index in [1.54, 1.807) is 13.0 Å². The van der Waals surface area contributed by atoms with Crippen LogP contribution in [0.1, 0.15) is 29.7 Å². The van der Waals surface area contributed by atoms with Crippen molar-refractivity contribution in [1.29, 1.82) is 0 Å². The van der Waals surface area contributed by atoms with E-state index in [2.05, 4.69) is 21.2 Å². The predicted octanol–water partition coefficient (Wildman–Crippen LogP) is 5.38. The normalized spacial score (nSPS) is 12.3. The molecule has 0 saturated carbocycles. The van der Waals surface area contributed by atoms with E-state index in [1.165, 1.54) is 5.56 Å². The Bertz CT molecular complexity index is 595. The minimum absolute atomic E-state index is 0.0493. The van der Waals surface area contributed by atoms with Gasteiger partial charge in [-0.1, -0.05) is 24.3 Å². The SMILES string of the molecule is Cc1ccc(C(C)Nc2cccc(C)c2Br)cc1F. The zero-order valence-electron chi connectivity index (χ0n) is 11.3. The van der Waals surface area contributed by atoms with Gasteiger partial charge in [0.1, 0.15) is 5.82 Å². The van der Waals surface area contributed by atoms with Crippen LogP contribution in [0.2, 0.25) is 0 Å². The lowest BCUT2D eigenvalue weighted by Gasteiger charge is -2.18. The Morgan fingerprint density at radius 3 is 2.53 bits per heavy atom. The molecule has 0 aliphatic carbocycles. The fraction of sp³-hybridized carbons (Fsp3) is 0.250. The molecule has 0 spiro atoms. The number of halogens is 2. The molecule has 0 bridgehead atoms. The Balaban J connectivity index is 2.23. The standard InChI is InChI=1S/C16H17BrFN/c1-10-7-8-13(9-14(10)18)12(3)19-15-6-4-5-11(2)16(15)17/h4-9,12,19H,1-3H3. The molecular formula is C16H17BrFN. The zero-order chi connectivity index (χ0) is 14.0. The van der Waals surface area contributed by atoms with Crippen molar-refractivity contribution in [3.63, 3.8) is 0 Å². The molecule has 1 N–H and O–H groups in total. The molecular weight excluding hydrogens is 305 g/mol. The summed E-state index contributed by atoms with van der Waals surface area (Å²) in [5, 5.41) is 3.40. The van der Waals surface area contributed by atoms with Crippen LogP contribution in [0.3, 0.4) is 0 Å². The van der Waals surface area contributed by atoms with Crippen LogP contribution in [-0.2, 0) is 0 Å². The van der Waals surface area contributed by atoms with E-state index in [0.717, 1.165) is 15.7 Å². The maximum atomic E-state index is 13.6. The summed E-state index contributed by atoms with van der Waals surface area (Å²) in [6.07, 6.45) is 0. The monoisotopic (exact) mass is 321 g/mol. The van der Waals surface area contributed by atoms with Crippen LogP contribution in [0.4, 0.5) is 10.1 Å². The van der Waals surface area contributed by atoms with Gasteiger partial charge in [0.15, 0.2) is 0 Å². The zero-order valence-corrected chi connectivity index (χ0v) is 12.9. The number of rotatable bonds is 3. The highest BCUT2D eigenvalue weighted by atomic mass is 79.9. The molecule has 0 saturated heterocycles. The lowest BCUT2D eigenvalue weighted by Crippen LogP contribution is -2.08. The highest BCUT2D eigenvalue weighted by molar-refractivity contribution is 9.10. The van der Waals surface area contributed by atoms with Crippen LogP contribution in [0, 0.1) is 19.7 Å². The number of hydrogen-bond donors (Lipinski definition) is 1. The van der Waals surface area contributed by atoms with Gasteiger partial charge in [-0.15, -0.1) is 0 Å². The van der Waals surface area contributed by atoms with Gasteiger partial charge in [-0.2, -0.15) is 0 Å². The number of anilines is 1. The average molecular weight is 322 g/mol. The summed E-state index contributed by atoms with van der Waals surface area (Å²) in [5.41, 5.74) is 3.81. The van der Waals surface area contributed by atoms with Crippen molar-refractivity contribution in [3.8, 4) is 0 Å². The number of benzene rings is 2. The van der Waals surface area contributed by atoms with Gasteiger partial charge < -0.3 is 5.32 Å². The molecule has 100 valence electrons. The minimum Gasteiger partial charge on any atom is -0.378 e. The third-order valence-electron chi connectivity index (χ3n) is 3.26. The fourth-order valence-electron chi connectivity index (χ4n) is 1.95. The molecule has 1 atom stereocenters. The summed E-state index contributed by atoms with van der Waals surface area (Å²) in [5.74, 6) is -0.158. The molecule has 0 radical (unpaired) electrons. The van der Waals surface area contributed by atoms with Crippen molar-refractivity contribution in [2.24, 2.45) is 0 Å².